The van der Waals surface area contributed by atoms with Gasteiger partial charge in [0.1, 0.15) is 0 Å². The number of hydrogen-bond donors (Lipinski definition) is 0. The Hall–Kier alpha value is -2.30. The molecule has 2 saturated heterocycles. The maximum Gasteiger partial charge on any atom is 0.243 e. The molecule has 0 atom stereocenters. The lowest BCUT2D eigenvalue weighted by Crippen LogP contribution is -2.54. The van der Waals surface area contributed by atoms with Gasteiger partial charge in [-0.2, -0.15) is 4.31 Å². The van der Waals surface area contributed by atoms with Gasteiger partial charge < -0.3 is 9.80 Å². The van der Waals surface area contributed by atoms with E-state index in [-0.39, 0.29) is 42.1 Å². The van der Waals surface area contributed by atoms with Crippen LogP contribution < -0.4 is 0 Å². The molecule has 0 unspecified atom stereocenters. The van der Waals surface area contributed by atoms with Crippen molar-refractivity contribution in [2.45, 2.75) is 18.7 Å². The van der Waals surface area contributed by atoms with Crippen LogP contribution in [0.5, 0.6) is 0 Å². The predicted octanol–water partition coefficient (Wildman–Crippen LogP) is -0.114. The van der Waals surface area contributed by atoms with Gasteiger partial charge >= 0.3 is 0 Å². The number of carbonyl (C=O) groups excluding carboxylic acids is 3. The van der Waals surface area contributed by atoms with Crippen molar-refractivity contribution < 1.29 is 22.8 Å². The number of sulfonamides is 1. The van der Waals surface area contributed by atoms with Crippen molar-refractivity contribution >= 4 is 27.6 Å². The maximum absolute atomic E-state index is 12.8. The van der Waals surface area contributed by atoms with E-state index in [0.717, 1.165) is 0 Å². The fraction of sp³-hybridized carbons (Fsp3) is 0.550. The molecule has 1 aromatic rings. The van der Waals surface area contributed by atoms with E-state index in [0.29, 0.717) is 44.8 Å². The summed E-state index contributed by atoms with van der Waals surface area (Å²) < 4.78 is 27.1. The molecule has 2 heterocycles. The lowest BCUT2D eigenvalue weighted by molar-refractivity contribution is -0.135. The van der Waals surface area contributed by atoms with Crippen molar-refractivity contribution in [3.05, 3.63) is 29.8 Å². The summed E-state index contributed by atoms with van der Waals surface area (Å²) in [6.45, 7) is 7.00. The van der Waals surface area contributed by atoms with Crippen molar-refractivity contribution in [3.8, 4) is 0 Å². The molecule has 2 aliphatic rings. The standard InChI is InChI=1S/C20H28N4O5S/c1-16(25)18-3-5-19(6-4-18)30(28,29)24-13-11-23(12-14-24)20(27)15-21-7-9-22(10-8-21)17(2)26/h3-6H,7-15H2,1-2H3. The zero-order valence-electron chi connectivity index (χ0n) is 17.4. The van der Waals surface area contributed by atoms with Crippen molar-refractivity contribution in [1.29, 1.82) is 0 Å². The van der Waals surface area contributed by atoms with E-state index in [4.69, 9.17) is 0 Å². The Kier molecular flexibility index (Phi) is 6.89. The summed E-state index contributed by atoms with van der Waals surface area (Å²) in [5.74, 6) is -0.0860. The van der Waals surface area contributed by atoms with Gasteiger partial charge in [-0.3, -0.25) is 19.3 Å². The highest BCUT2D eigenvalue weighted by molar-refractivity contribution is 7.89. The first-order valence-corrected chi connectivity index (χ1v) is 11.5. The van der Waals surface area contributed by atoms with Crippen LogP contribution >= 0.6 is 0 Å². The number of hydrogen-bond acceptors (Lipinski definition) is 6. The highest BCUT2D eigenvalue weighted by atomic mass is 32.2. The third-order valence-electron chi connectivity index (χ3n) is 5.67. The molecule has 0 N–H and O–H groups in total. The number of amides is 2. The second kappa shape index (κ2) is 9.23. The summed E-state index contributed by atoms with van der Waals surface area (Å²) in [6, 6.07) is 5.93. The van der Waals surface area contributed by atoms with Crippen molar-refractivity contribution in [3.63, 3.8) is 0 Å². The van der Waals surface area contributed by atoms with Gasteiger partial charge in [0.2, 0.25) is 21.8 Å². The number of ketones is 1. The fourth-order valence-corrected chi connectivity index (χ4v) is 5.12. The molecule has 9 nitrogen and oxygen atoms in total. The van der Waals surface area contributed by atoms with Gasteiger partial charge in [-0.05, 0) is 19.1 Å². The predicted molar refractivity (Wildman–Crippen MR) is 110 cm³/mol. The van der Waals surface area contributed by atoms with Gasteiger partial charge in [0.05, 0.1) is 11.4 Å². The van der Waals surface area contributed by atoms with Gasteiger partial charge in [0, 0.05) is 64.8 Å². The Labute approximate surface area is 177 Å². The Morgan fingerprint density at radius 1 is 0.800 bits per heavy atom. The third-order valence-corrected chi connectivity index (χ3v) is 7.58. The molecule has 0 spiro atoms. The van der Waals surface area contributed by atoms with E-state index in [1.165, 1.54) is 35.5 Å². The molecule has 2 amide bonds. The molecule has 30 heavy (non-hydrogen) atoms. The van der Waals surface area contributed by atoms with E-state index in [1.807, 2.05) is 4.90 Å². The zero-order chi connectivity index (χ0) is 21.9. The Morgan fingerprint density at radius 2 is 1.33 bits per heavy atom. The van der Waals surface area contributed by atoms with Gasteiger partial charge in [0.25, 0.3) is 0 Å². The van der Waals surface area contributed by atoms with Gasteiger partial charge in [-0.25, -0.2) is 8.42 Å². The first-order valence-electron chi connectivity index (χ1n) is 10.1. The average molecular weight is 437 g/mol. The summed E-state index contributed by atoms with van der Waals surface area (Å²) in [6.07, 6.45) is 0. The Morgan fingerprint density at radius 3 is 1.83 bits per heavy atom. The Bertz CT molecular complexity index is 900. The summed E-state index contributed by atoms with van der Waals surface area (Å²) in [4.78, 5) is 41.0. The SMILES string of the molecule is CC(=O)c1ccc(S(=O)(=O)N2CCN(C(=O)CN3CCN(C(C)=O)CC3)CC2)cc1. The van der Waals surface area contributed by atoms with Crippen LogP contribution in [0.15, 0.2) is 29.2 Å². The highest BCUT2D eigenvalue weighted by Gasteiger charge is 2.31. The number of Topliss-reactive ketones (excluding diaryl/α,β-unsaturated/α-hetero) is 1. The van der Waals surface area contributed by atoms with Crippen LogP contribution in [-0.4, -0.2) is 104 Å². The van der Waals surface area contributed by atoms with Crippen LogP contribution in [0.4, 0.5) is 0 Å². The minimum atomic E-state index is -3.66. The minimum Gasteiger partial charge on any atom is -0.340 e. The van der Waals surface area contributed by atoms with Crippen LogP contribution in [0.2, 0.25) is 0 Å². The molecule has 10 heteroatoms. The molecule has 3 rings (SSSR count). The second-order valence-electron chi connectivity index (χ2n) is 7.65. The second-order valence-corrected chi connectivity index (χ2v) is 9.59. The smallest absolute Gasteiger partial charge is 0.243 e. The summed E-state index contributed by atoms with van der Waals surface area (Å²) in [7, 11) is -3.66. The lowest BCUT2D eigenvalue weighted by Gasteiger charge is -2.37. The molecular formula is C20H28N4O5S. The van der Waals surface area contributed by atoms with Gasteiger partial charge in [-0.1, -0.05) is 12.1 Å². The van der Waals surface area contributed by atoms with E-state index in [9.17, 15) is 22.8 Å². The molecule has 0 radical (unpaired) electrons. The summed E-state index contributed by atoms with van der Waals surface area (Å²) in [5.41, 5.74) is 0.466. The number of piperazine rings is 2. The highest BCUT2D eigenvalue weighted by Crippen LogP contribution is 2.19. The van der Waals surface area contributed by atoms with E-state index < -0.39 is 10.0 Å². The van der Waals surface area contributed by atoms with Crippen molar-refractivity contribution in [1.82, 2.24) is 19.0 Å². The quantitative estimate of drug-likeness (QED) is 0.597. The molecule has 164 valence electrons. The summed E-state index contributed by atoms with van der Waals surface area (Å²) in [5, 5.41) is 0. The number of rotatable bonds is 5. The molecule has 0 saturated carbocycles. The zero-order valence-corrected chi connectivity index (χ0v) is 18.2. The van der Waals surface area contributed by atoms with Crippen LogP contribution in [0.1, 0.15) is 24.2 Å². The molecule has 0 aliphatic carbocycles. The molecule has 0 bridgehead atoms. The van der Waals surface area contributed by atoms with Gasteiger partial charge in [0.15, 0.2) is 5.78 Å². The normalized spacial score (nSPS) is 19.0. The minimum absolute atomic E-state index is 0.0193. The van der Waals surface area contributed by atoms with E-state index >= 15 is 0 Å². The molecule has 1 aromatic carbocycles. The molecule has 0 aromatic heterocycles. The van der Waals surface area contributed by atoms with E-state index in [2.05, 4.69) is 0 Å². The molecule has 2 fully saturated rings. The number of carbonyl (C=O) groups is 3. The first-order chi connectivity index (χ1) is 14.2. The van der Waals surface area contributed by atoms with Crippen LogP contribution in [0, 0.1) is 0 Å². The molecular weight excluding hydrogens is 408 g/mol. The topological polar surface area (TPSA) is 98.3 Å². The lowest BCUT2D eigenvalue weighted by atomic mass is 10.2. The van der Waals surface area contributed by atoms with Crippen LogP contribution in [0.3, 0.4) is 0 Å². The molecule has 2 aliphatic heterocycles. The monoisotopic (exact) mass is 436 g/mol. The van der Waals surface area contributed by atoms with Crippen molar-refractivity contribution in [2.75, 3.05) is 58.9 Å². The Balaban J connectivity index is 1.52. The van der Waals surface area contributed by atoms with E-state index in [1.54, 1.807) is 16.7 Å². The third kappa shape index (κ3) is 5.05. The van der Waals surface area contributed by atoms with Crippen LogP contribution in [-0.2, 0) is 19.6 Å². The average Bonchev–Trinajstić information content (AvgIpc) is 2.74. The van der Waals surface area contributed by atoms with Gasteiger partial charge in [-0.15, -0.1) is 0 Å². The first kappa shape index (κ1) is 22.4. The maximum atomic E-state index is 12.8. The van der Waals surface area contributed by atoms with Crippen molar-refractivity contribution in [2.24, 2.45) is 0 Å². The summed E-state index contributed by atoms with van der Waals surface area (Å²) >= 11 is 0. The fourth-order valence-electron chi connectivity index (χ4n) is 3.70. The number of nitrogens with zero attached hydrogens (tertiary/aromatic N) is 4. The largest absolute Gasteiger partial charge is 0.340 e. The number of benzene rings is 1. The van der Waals surface area contributed by atoms with Crippen LogP contribution in [0.25, 0.3) is 0 Å².